The third-order valence-electron chi connectivity index (χ3n) is 4.09. The molecule has 0 saturated heterocycles. The zero-order chi connectivity index (χ0) is 12.5. The molecule has 1 saturated carbocycles. The maximum atomic E-state index is 12.1. The molecule has 94 valence electrons. The summed E-state index contributed by atoms with van der Waals surface area (Å²) >= 11 is 0. The SMILES string of the molecule is CC1CC1C(=O)N1CC=C(c2ccccc2)CC1. The van der Waals surface area contributed by atoms with Gasteiger partial charge < -0.3 is 4.90 Å². The zero-order valence-corrected chi connectivity index (χ0v) is 10.8. The van der Waals surface area contributed by atoms with Crippen molar-refractivity contribution in [1.82, 2.24) is 4.90 Å². The van der Waals surface area contributed by atoms with Crippen molar-refractivity contribution < 1.29 is 4.79 Å². The number of nitrogens with zero attached hydrogens (tertiary/aromatic N) is 1. The number of carbonyl (C=O) groups excluding carboxylic acids is 1. The summed E-state index contributed by atoms with van der Waals surface area (Å²) in [7, 11) is 0. The Hall–Kier alpha value is -1.57. The van der Waals surface area contributed by atoms with Crippen molar-refractivity contribution in [2.45, 2.75) is 19.8 Å². The molecule has 2 atom stereocenters. The number of carbonyl (C=O) groups is 1. The van der Waals surface area contributed by atoms with Gasteiger partial charge in [-0.15, -0.1) is 0 Å². The van der Waals surface area contributed by atoms with Crippen molar-refractivity contribution in [3.63, 3.8) is 0 Å². The van der Waals surface area contributed by atoms with Crippen LogP contribution in [0, 0.1) is 11.8 Å². The summed E-state index contributed by atoms with van der Waals surface area (Å²) in [6.07, 6.45) is 4.28. The van der Waals surface area contributed by atoms with Gasteiger partial charge in [0, 0.05) is 19.0 Å². The van der Waals surface area contributed by atoms with E-state index in [-0.39, 0.29) is 0 Å². The Kier molecular flexibility index (Phi) is 2.94. The van der Waals surface area contributed by atoms with E-state index in [4.69, 9.17) is 0 Å². The van der Waals surface area contributed by atoms with E-state index in [0.717, 1.165) is 25.9 Å². The fourth-order valence-corrected chi connectivity index (χ4v) is 2.68. The van der Waals surface area contributed by atoms with Gasteiger partial charge in [0.1, 0.15) is 0 Å². The summed E-state index contributed by atoms with van der Waals surface area (Å²) in [6.45, 7) is 3.83. The van der Waals surface area contributed by atoms with Gasteiger partial charge in [0.15, 0.2) is 0 Å². The zero-order valence-electron chi connectivity index (χ0n) is 10.8. The highest BCUT2D eigenvalue weighted by molar-refractivity contribution is 5.83. The molecule has 0 N–H and O–H groups in total. The van der Waals surface area contributed by atoms with Gasteiger partial charge in [-0.05, 0) is 29.9 Å². The van der Waals surface area contributed by atoms with Crippen molar-refractivity contribution in [3.8, 4) is 0 Å². The molecule has 3 rings (SSSR count). The number of amides is 1. The summed E-state index contributed by atoms with van der Waals surface area (Å²) < 4.78 is 0. The Morgan fingerprint density at radius 3 is 2.56 bits per heavy atom. The van der Waals surface area contributed by atoms with Crippen molar-refractivity contribution in [2.24, 2.45) is 11.8 Å². The molecule has 0 radical (unpaired) electrons. The van der Waals surface area contributed by atoms with Gasteiger partial charge in [-0.1, -0.05) is 43.3 Å². The van der Waals surface area contributed by atoms with Crippen molar-refractivity contribution in [3.05, 3.63) is 42.0 Å². The Bertz CT molecular complexity index is 477. The highest BCUT2D eigenvalue weighted by atomic mass is 16.2. The van der Waals surface area contributed by atoms with Crippen LogP contribution in [0.2, 0.25) is 0 Å². The molecule has 1 aliphatic carbocycles. The quantitative estimate of drug-likeness (QED) is 0.779. The van der Waals surface area contributed by atoms with E-state index in [0.29, 0.717) is 17.7 Å². The van der Waals surface area contributed by atoms with Crippen LogP contribution in [-0.2, 0) is 4.79 Å². The van der Waals surface area contributed by atoms with E-state index in [1.807, 2.05) is 11.0 Å². The molecule has 1 fully saturated rings. The lowest BCUT2D eigenvalue weighted by molar-refractivity contribution is -0.132. The summed E-state index contributed by atoms with van der Waals surface area (Å²) in [5.74, 6) is 1.29. The smallest absolute Gasteiger partial charge is 0.226 e. The van der Waals surface area contributed by atoms with Gasteiger partial charge in [-0.3, -0.25) is 4.79 Å². The van der Waals surface area contributed by atoms with Crippen LogP contribution < -0.4 is 0 Å². The highest BCUT2D eigenvalue weighted by Gasteiger charge is 2.41. The second-order valence-corrected chi connectivity index (χ2v) is 5.45. The molecule has 1 heterocycles. The van der Waals surface area contributed by atoms with E-state index in [1.165, 1.54) is 11.1 Å². The minimum Gasteiger partial charge on any atom is -0.338 e. The Morgan fingerprint density at radius 1 is 1.28 bits per heavy atom. The molecule has 2 heteroatoms. The number of benzene rings is 1. The van der Waals surface area contributed by atoms with E-state index in [2.05, 4.69) is 37.3 Å². The molecule has 18 heavy (non-hydrogen) atoms. The summed E-state index contributed by atoms with van der Waals surface area (Å²) in [4.78, 5) is 14.1. The van der Waals surface area contributed by atoms with Crippen molar-refractivity contribution >= 4 is 11.5 Å². The van der Waals surface area contributed by atoms with Crippen LogP contribution in [-0.4, -0.2) is 23.9 Å². The van der Waals surface area contributed by atoms with Crippen LogP contribution in [0.25, 0.3) is 5.57 Å². The molecular formula is C16H19NO. The van der Waals surface area contributed by atoms with Gasteiger partial charge in [0.2, 0.25) is 5.91 Å². The average molecular weight is 241 g/mol. The molecule has 2 nitrogen and oxygen atoms in total. The minimum atomic E-state index is 0.316. The van der Waals surface area contributed by atoms with Gasteiger partial charge in [0.05, 0.1) is 0 Å². The molecule has 2 aliphatic rings. The van der Waals surface area contributed by atoms with Crippen LogP contribution in [0.15, 0.2) is 36.4 Å². The van der Waals surface area contributed by atoms with E-state index in [9.17, 15) is 4.79 Å². The lowest BCUT2D eigenvalue weighted by Crippen LogP contribution is -2.36. The van der Waals surface area contributed by atoms with E-state index < -0.39 is 0 Å². The molecule has 1 aromatic rings. The van der Waals surface area contributed by atoms with Crippen LogP contribution in [0.5, 0.6) is 0 Å². The Balaban J connectivity index is 1.66. The summed E-state index contributed by atoms with van der Waals surface area (Å²) in [6, 6.07) is 10.5. The standard InChI is InChI=1S/C16H19NO/c1-12-11-15(12)16(18)17-9-7-14(8-10-17)13-5-3-2-4-6-13/h2-7,12,15H,8-11H2,1H3. The Labute approximate surface area is 108 Å². The molecule has 0 bridgehead atoms. The first-order chi connectivity index (χ1) is 8.75. The van der Waals surface area contributed by atoms with Crippen LogP contribution in [0.3, 0.4) is 0 Å². The first kappa shape index (κ1) is 11.5. The molecule has 1 aliphatic heterocycles. The lowest BCUT2D eigenvalue weighted by Gasteiger charge is -2.27. The normalized spacial score (nSPS) is 26.7. The highest BCUT2D eigenvalue weighted by Crippen LogP contribution is 2.39. The van der Waals surface area contributed by atoms with Crippen LogP contribution in [0.4, 0.5) is 0 Å². The molecule has 0 spiro atoms. The van der Waals surface area contributed by atoms with Gasteiger partial charge >= 0.3 is 0 Å². The maximum Gasteiger partial charge on any atom is 0.226 e. The second-order valence-electron chi connectivity index (χ2n) is 5.45. The number of rotatable bonds is 2. The molecular weight excluding hydrogens is 222 g/mol. The topological polar surface area (TPSA) is 20.3 Å². The fourth-order valence-electron chi connectivity index (χ4n) is 2.68. The average Bonchev–Trinajstić information content (AvgIpc) is 3.16. The fraction of sp³-hybridized carbons (Fsp3) is 0.438. The maximum absolute atomic E-state index is 12.1. The third kappa shape index (κ3) is 2.20. The molecule has 1 amide bonds. The van der Waals surface area contributed by atoms with Crippen LogP contribution >= 0.6 is 0 Å². The summed E-state index contributed by atoms with van der Waals surface area (Å²) in [5.41, 5.74) is 2.67. The third-order valence-corrected chi connectivity index (χ3v) is 4.09. The first-order valence-corrected chi connectivity index (χ1v) is 6.79. The van der Waals surface area contributed by atoms with Crippen LogP contribution in [0.1, 0.15) is 25.3 Å². The number of hydrogen-bond acceptors (Lipinski definition) is 1. The molecule has 0 aromatic heterocycles. The van der Waals surface area contributed by atoms with E-state index >= 15 is 0 Å². The van der Waals surface area contributed by atoms with Gasteiger partial charge in [-0.2, -0.15) is 0 Å². The van der Waals surface area contributed by atoms with Gasteiger partial charge in [-0.25, -0.2) is 0 Å². The number of hydrogen-bond donors (Lipinski definition) is 0. The monoisotopic (exact) mass is 241 g/mol. The van der Waals surface area contributed by atoms with Crippen molar-refractivity contribution in [1.29, 1.82) is 0 Å². The lowest BCUT2D eigenvalue weighted by atomic mass is 9.99. The first-order valence-electron chi connectivity index (χ1n) is 6.79. The van der Waals surface area contributed by atoms with Crippen molar-refractivity contribution in [2.75, 3.05) is 13.1 Å². The predicted molar refractivity (Wildman–Crippen MR) is 72.9 cm³/mol. The molecule has 2 unspecified atom stereocenters. The predicted octanol–water partition coefficient (Wildman–Crippen LogP) is 2.96. The molecule has 1 aromatic carbocycles. The van der Waals surface area contributed by atoms with Gasteiger partial charge in [0.25, 0.3) is 0 Å². The minimum absolute atomic E-state index is 0.316. The van der Waals surface area contributed by atoms with E-state index in [1.54, 1.807) is 0 Å². The summed E-state index contributed by atoms with van der Waals surface area (Å²) in [5, 5.41) is 0. The Morgan fingerprint density at radius 2 is 2.00 bits per heavy atom. The second kappa shape index (κ2) is 4.60. The largest absolute Gasteiger partial charge is 0.338 e.